The summed E-state index contributed by atoms with van der Waals surface area (Å²) in [6.07, 6.45) is 0.359. The van der Waals surface area contributed by atoms with Crippen molar-refractivity contribution in [3.05, 3.63) is 40.4 Å². The Bertz CT molecular complexity index is 778. The van der Waals surface area contributed by atoms with Crippen molar-refractivity contribution in [3.63, 3.8) is 0 Å². The summed E-state index contributed by atoms with van der Waals surface area (Å²) in [6.45, 7) is 11.9. The van der Waals surface area contributed by atoms with Crippen LogP contribution in [0.4, 0.5) is 4.79 Å². The second-order valence-corrected chi connectivity index (χ2v) is 6.93. The van der Waals surface area contributed by atoms with Crippen molar-refractivity contribution in [2.45, 2.75) is 59.5 Å². The monoisotopic (exact) mass is 361 g/mol. The number of hydrogen-bond donors (Lipinski definition) is 1. The summed E-state index contributed by atoms with van der Waals surface area (Å²) in [6, 6.07) is 7.23. The van der Waals surface area contributed by atoms with Gasteiger partial charge in [0.25, 0.3) is 5.56 Å². The van der Waals surface area contributed by atoms with Gasteiger partial charge in [-0.25, -0.2) is 9.78 Å². The first kappa shape index (κ1) is 21.7. The fraction of sp³-hybridized carbons (Fsp3) is 0.550. The molecule has 144 valence electrons. The number of carbonyl (C=O) groups is 1. The largest absolute Gasteiger partial charge is 0.444 e. The highest BCUT2D eigenvalue weighted by Gasteiger charge is 2.23. The van der Waals surface area contributed by atoms with Crippen LogP contribution in [0.5, 0.6) is 0 Å². The van der Waals surface area contributed by atoms with Crippen molar-refractivity contribution < 1.29 is 9.53 Å². The number of amides is 1. The molecule has 0 bridgehead atoms. The number of nitrogens with one attached hydrogen (secondary N) is 1. The molecule has 6 heteroatoms. The maximum atomic E-state index is 12.2. The highest BCUT2D eigenvalue weighted by molar-refractivity contribution is 5.77. The van der Waals surface area contributed by atoms with E-state index in [1.165, 1.54) is 4.90 Å². The molecular weight excluding hydrogens is 330 g/mol. The third kappa shape index (κ3) is 5.86. The van der Waals surface area contributed by atoms with Crippen LogP contribution < -0.4 is 5.56 Å². The van der Waals surface area contributed by atoms with Crippen LogP contribution in [0.15, 0.2) is 29.1 Å². The highest BCUT2D eigenvalue weighted by Crippen LogP contribution is 2.19. The maximum absolute atomic E-state index is 12.2. The first-order valence-electron chi connectivity index (χ1n) is 9.14. The van der Waals surface area contributed by atoms with Crippen molar-refractivity contribution in [1.82, 2.24) is 14.9 Å². The van der Waals surface area contributed by atoms with E-state index >= 15 is 0 Å². The van der Waals surface area contributed by atoms with Crippen LogP contribution in [-0.4, -0.2) is 40.2 Å². The van der Waals surface area contributed by atoms with Crippen LogP contribution in [0.25, 0.3) is 10.9 Å². The van der Waals surface area contributed by atoms with Gasteiger partial charge >= 0.3 is 6.09 Å². The van der Waals surface area contributed by atoms with Gasteiger partial charge in [-0.1, -0.05) is 32.9 Å². The van der Waals surface area contributed by atoms with E-state index in [1.807, 2.05) is 59.7 Å². The third-order valence-corrected chi connectivity index (χ3v) is 3.71. The fourth-order valence-electron chi connectivity index (χ4n) is 2.45. The summed E-state index contributed by atoms with van der Waals surface area (Å²) in [5.41, 5.74) is -0.0358. The molecule has 0 radical (unpaired) electrons. The van der Waals surface area contributed by atoms with Gasteiger partial charge in [0, 0.05) is 19.5 Å². The number of para-hydroxylation sites is 1. The lowest BCUT2D eigenvalue weighted by Crippen LogP contribution is -2.37. The van der Waals surface area contributed by atoms with Crippen molar-refractivity contribution in [2.24, 2.45) is 0 Å². The van der Waals surface area contributed by atoms with Crippen LogP contribution >= 0.6 is 0 Å². The van der Waals surface area contributed by atoms with Gasteiger partial charge in [-0.05, 0) is 39.3 Å². The van der Waals surface area contributed by atoms with Crippen LogP contribution in [-0.2, 0) is 4.74 Å². The lowest BCUT2D eigenvalue weighted by atomic mass is 10.0. The van der Waals surface area contributed by atoms with Gasteiger partial charge in [0.2, 0.25) is 0 Å². The Balaban J connectivity index is 0.00000163. The number of benzene rings is 1. The van der Waals surface area contributed by atoms with Gasteiger partial charge in [0.05, 0.1) is 10.9 Å². The molecule has 1 N–H and O–H groups in total. The van der Waals surface area contributed by atoms with Crippen LogP contribution in [0.1, 0.15) is 59.7 Å². The number of H-pyrrole nitrogens is 1. The number of carbonyl (C=O) groups excluding carboxylic acids is 1. The topological polar surface area (TPSA) is 75.3 Å². The van der Waals surface area contributed by atoms with Crippen molar-refractivity contribution in [2.75, 3.05) is 13.6 Å². The number of hydrogen-bond acceptors (Lipinski definition) is 4. The van der Waals surface area contributed by atoms with Crippen LogP contribution in [0.2, 0.25) is 0 Å². The number of rotatable bonds is 4. The molecule has 1 unspecified atom stereocenters. The molecule has 1 aromatic heterocycles. The maximum Gasteiger partial charge on any atom is 0.410 e. The summed E-state index contributed by atoms with van der Waals surface area (Å²) in [5, 5.41) is 0.566. The number of fused-ring (bicyclic) bond motifs is 1. The molecular formula is C20H31N3O3. The quantitative estimate of drug-likeness (QED) is 0.880. The second kappa shape index (κ2) is 9.36. The molecule has 0 aliphatic carbocycles. The van der Waals surface area contributed by atoms with Crippen LogP contribution in [0.3, 0.4) is 0 Å². The zero-order valence-electron chi connectivity index (χ0n) is 16.9. The molecule has 0 spiro atoms. The minimum Gasteiger partial charge on any atom is -0.444 e. The van der Waals surface area contributed by atoms with E-state index in [2.05, 4.69) is 9.97 Å². The Kier molecular flexibility index (Phi) is 7.80. The molecule has 0 saturated carbocycles. The Labute approximate surface area is 155 Å². The molecule has 6 nitrogen and oxygen atoms in total. The molecule has 0 fully saturated rings. The van der Waals surface area contributed by atoms with E-state index in [4.69, 9.17) is 4.74 Å². The fourth-order valence-corrected chi connectivity index (χ4v) is 2.45. The standard InChI is InChI=1S/C18H25N3O3.C2H6/c1-6-12(11-21(5)17(23)24-18(2,3)4)15-19-14-10-8-7-9-13(14)16(22)20-15;1-2/h7-10,12H,6,11H2,1-5H3,(H,19,20,22);1-2H3. The molecule has 1 aromatic carbocycles. The Morgan fingerprint density at radius 3 is 2.46 bits per heavy atom. The number of likely N-dealkylation sites (N-methyl/N-ethyl adjacent to an activating group) is 1. The number of aromatic nitrogens is 2. The second-order valence-electron chi connectivity index (χ2n) is 6.93. The van der Waals surface area contributed by atoms with Gasteiger partial charge < -0.3 is 14.6 Å². The predicted molar refractivity (Wildman–Crippen MR) is 106 cm³/mol. The average molecular weight is 361 g/mol. The third-order valence-electron chi connectivity index (χ3n) is 3.71. The minimum atomic E-state index is -0.539. The minimum absolute atomic E-state index is 0.0696. The van der Waals surface area contributed by atoms with E-state index < -0.39 is 5.60 Å². The van der Waals surface area contributed by atoms with Crippen LogP contribution in [0, 0.1) is 0 Å². The number of nitrogens with zero attached hydrogens (tertiary/aromatic N) is 2. The van der Waals surface area contributed by atoms with Gasteiger partial charge in [-0.15, -0.1) is 0 Å². The van der Waals surface area contributed by atoms with E-state index in [0.717, 1.165) is 6.42 Å². The molecule has 0 saturated heterocycles. The summed E-state index contributed by atoms with van der Waals surface area (Å²) in [7, 11) is 1.69. The first-order chi connectivity index (χ1) is 12.2. The Morgan fingerprint density at radius 2 is 1.88 bits per heavy atom. The SMILES string of the molecule is CC.CCC(CN(C)C(=O)OC(C)(C)C)c1nc2ccccc2c(=O)[nH]1. The lowest BCUT2D eigenvalue weighted by molar-refractivity contribution is 0.0287. The molecule has 1 amide bonds. The van der Waals surface area contributed by atoms with Gasteiger partial charge in [0.15, 0.2) is 0 Å². The summed E-state index contributed by atoms with van der Waals surface area (Å²) >= 11 is 0. The van der Waals surface area contributed by atoms with E-state index in [1.54, 1.807) is 13.1 Å². The van der Waals surface area contributed by atoms with E-state index in [0.29, 0.717) is 23.3 Å². The van der Waals surface area contributed by atoms with Gasteiger partial charge in [-0.2, -0.15) is 0 Å². The van der Waals surface area contributed by atoms with E-state index in [9.17, 15) is 9.59 Å². The van der Waals surface area contributed by atoms with Crippen molar-refractivity contribution in [3.8, 4) is 0 Å². The highest BCUT2D eigenvalue weighted by atomic mass is 16.6. The molecule has 0 aliphatic rings. The molecule has 1 heterocycles. The number of ether oxygens (including phenoxy) is 1. The normalized spacial score (nSPS) is 12.1. The van der Waals surface area contributed by atoms with Crippen molar-refractivity contribution >= 4 is 17.0 Å². The van der Waals surface area contributed by atoms with E-state index in [-0.39, 0.29) is 17.6 Å². The molecule has 0 aliphatic heterocycles. The first-order valence-corrected chi connectivity index (χ1v) is 9.14. The zero-order valence-corrected chi connectivity index (χ0v) is 16.9. The Hall–Kier alpha value is -2.37. The predicted octanol–water partition coefficient (Wildman–Crippen LogP) is 4.31. The van der Waals surface area contributed by atoms with Crippen molar-refractivity contribution in [1.29, 1.82) is 0 Å². The van der Waals surface area contributed by atoms with Gasteiger partial charge in [-0.3, -0.25) is 4.79 Å². The van der Waals surface area contributed by atoms with Gasteiger partial charge in [0.1, 0.15) is 11.4 Å². The molecule has 2 aromatic rings. The molecule has 26 heavy (non-hydrogen) atoms. The molecule has 1 atom stereocenters. The summed E-state index contributed by atoms with van der Waals surface area (Å²) in [4.78, 5) is 33.3. The zero-order chi connectivity index (χ0) is 19.9. The average Bonchev–Trinajstić information content (AvgIpc) is 2.59. The molecule has 2 rings (SSSR count). The lowest BCUT2D eigenvalue weighted by Gasteiger charge is -2.27. The summed E-state index contributed by atoms with van der Waals surface area (Å²) < 4.78 is 5.37. The smallest absolute Gasteiger partial charge is 0.410 e. The Morgan fingerprint density at radius 1 is 1.27 bits per heavy atom. The number of aromatic amines is 1. The summed E-state index contributed by atoms with van der Waals surface area (Å²) in [5.74, 6) is 0.524.